The minimum absolute atomic E-state index is 0.0714. The Balaban J connectivity index is 1.77. The van der Waals surface area contributed by atoms with Crippen LogP contribution < -0.4 is 10.0 Å². The van der Waals surface area contributed by atoms with Gasteiger partial charge in [-0.2, -0.15) is 23.0 Å². The molecule has 35 heavy (non-hydrogen) atoms. The van der Waals surface area contributed by atoms with Crippen LogP contribution in [-0.2, 0) is 22.5 Å². The standard InChI is InChI=1S/C21H24F5N5O3S/c1-11-6-13(11)16-15(21(24,25)26)17(30(29-16)10-19(2)8-20(22,23)9-19)18(32)28-12-4-5-31(33)14(7-12)35(3,27)34/h4-5,7,11,13,27H,6,8-10H2,1-3H3,(H,28,32). The Morgan fingerprint density at radius 2 is 2.00 bits per heavy atom. The maximum Gasteiger partial charge on any atom is 0.420 e. The first kappa shape index (κ1) is 25.3. The van der Waals surface area contributed by atoms with Crippen molar-refractivity contribution in [1.29, 1.82) is 4.78 Å². The second kappa shape index (κ2) is 7.87. The zero-order valence-electron chi connectivity index (χ0n) is 19.1. The van der Waals surface area contributed by atoms with E-state index in [-0.39, 0.29) is 28.6 Å². The van der Waals surface area contributed by atoms with Crippen LogP contribution in [0.2, 0.25) is 0 Å². The molecular weight excluding hydrogens is 497 g/mol. The first-order chi connectivity index (χ1) is 15.9. The highest BCUT2D eigenvalue weighted by molar-refractivity contribution is 7.91. The van der Waals surface area contributed by atoms with E-state index in [0.717, 1.165) is 29.3 Å². The first-order valence-electron chi connectivity index (χ1n) is 10.7. The average Bonchev–Trinajstić information content (AvgIpc) is 3.25. The number of carbonyl (C=O) groups excluding carboxylic acids is 1. The predicted octanol–water partition coefficient (Wildman–Crippen LogP) is 4.38. The zero-order valence-corrected chi connectivity index (χ0v) is 19.9. The fourth-order valence-corrected chi connectivity index (χ4v) is 5.51. The van der Waals surface area contributed by atoms with Gasteiger partial charge in [-0.05, 0) is 17.8 Å². The summed E-state index contributed by atoms with van der Waals surface area (Å²) in [7, 11) is -3.50. The molecule has 0 spiro atoms. The molecule has 0 aliphatic heterocycles. The summed E-state index contributed by atoms with van der Waals surface area (Å²) in [6.45, 7) is 2.94. The molecule has 2 aliphatic rings. The average molecular weight is 522 g/mol. The number of pyridine rings is 1. The van der Waals surface area contributed by atoms with E-state index in [9.17, 15) is 36.2 Å². The van der Waals surface area contributed by atoms with Crippen molar-refractivity contribution >= 4 is 21.3 Å². The normalized spacial score (nSPS) is 24.3. The van der Waals surface area contributed by atoms with Gasteiger partial charge in [0, 0.05) is 43.7 Å². The highest BCUT2D eigenvalue weighted by Crippen LogP contribution is 2.54. The fourth-order valence-electron chi connectivity index (χ4n) is 4.76. The van der Waals surface area contributed by atoms with Crippen molar-refractivity contribution in [3.63, 3.8) is 0 Å². The topological polar surface area (TPSA) is 115 Å². The number of rotatable bonds is 6. The van der Waals surface area contributed by atoms with E-state index < -0.39 is 68.2 Å². The molecule has 2 N–H and O–H groups in total. The Labute approximate surface area is 198 Å². The number of aromatic nitrogens is 3. The van der Waals surface area contributed by atoms with Crippen molar-refractivity contribution in [2.24, 2.45) is 11.3 Å². The Morgan fingerprint density at radius 1 is 1.40 bits per heavy atom. The van der Waals surface area contributed by atoms with Gasteiger partial charge in [0.05, 0.1) is 11.4 Å². The third-order valence-electron chi connectivity index (χ3n) is 6.38. The van der Waals surface area contributed by atoms with Crippen molar-refractivity contribution < 1.29 is 35.7 Å². The molecule has 192 valence electrons. The minimum Gasteiger partial charge on any atom is -0.618 e. The Bertz CT molecular complexity index is 1300. The molecule has 0 aromatic carbocycles. The lowest BCUT2D eigenvalue weighted by Gasteiger charge is -2.44. The number of amides is 1. The van der Waals surface area contributed by atoms with Crippen LogP contribution in [0.5, 0.6) is 0 Å². The Kier molecular flexibility index (Phi) is 5.69. The van der Waals surface area contributed by atoms with Crippen molar-refractivity contribution in [2.45, 2.75) is 62.7 Å². The molecule has 0 bridgehead atoms. The number of hydrogen-bond acceptors (Lipinski definition) is 5. The highest BCUT2D eigenvalue weighted by Gasteiger charge is 2.55. The van der Waals surface area contributed by atoms with Crippen LogP contribution in [0.25, 0.3) is 0 Å². The number of halogens is 5. The molecule has 2 aromatic rings. The second-order valence-electron chi connectivity index (χ2n) is 9.98. The van der Waals surface area contributed by atoms with Gasteiger partial charge in [-0.15, -0.1) is 0 Å². The third-order valence-corrected chi connectivity index (χ3v) is 7.48. The summed E-state index contributed by atoms with van der Waals surface area (Å²) in [5, 5.41) is 17.7. The number of carbonyl (C=O) groups is 1. The summed E-state index contributed by atoms with van der Waals surface area (Å²) < 4.78 is 90.4. The zero-order chi connectivity index (χ0) is 26.1. The summed E-state index contributed by atoms with van der Waals surface area (Å²) in [4.78, 5) is 13.2. The largest absolute Gasteiger partial charge is 0.618 e. The number of alkyl halides is 5. The summed E-state index contributed by atoms with van der Waals surface area (Å²) in [6, 6.07) is 2.04. The van der Waals surface area contributed by atoms with Crippen LogP contribution in [0.3, 0.4) is 0 Å². The predicted molar refractivity (Wildman–Crippen MR) is 114 cm³/mol. The number of nitrogens with one attached hydrogen (secondary N) is 2. The van der Waals surface area contributed by atoms with E-state index >= 15 is 0 Å². The molecule has 3 unspecified atom stereocenters. The van der Waals surface area contributed by atoms with Gasteiger partial charge in [0.25, 0.3) is 10.9 Å². The van der Waals surface area contributed by atoms with E-state index in [1.54, 1.807) is 6.92 Å². The lowest BCUT2D eigenvalue weighted by molar-refractivity contribution is -0.646. The van der Waals surface area contributed by atoms with Gasteiger partial charge in [0.2, 0.25) is 5.92 Å². The summed E-state index contributed by atoms with van der Waals surface area (Å²) in [5.74, 6) is -4.71. The number of hydrogen-bond donors (Lipinski definition) is 2. The molecular formula is C21H24F5N5O3S. The molecule has 0 radical (unpaired) electrons. The van der Waals surface area contributed by atoms with Gasteiger partial charge in [-0.3, -0.25) is 9.48 Å². The molecule has 14 heteroatoms. The summed E-state index contributed by atoms with van der Waals surface area (Å²) >= 11 is 0. The van der Waals surface area contributed by atoms with Crippen molar-refractivity contribution in [3.8, 4) is 0 Å². The molecule has 2 fully saturated rings. The molecule has 1 amide bonds. The van der Waals surface area contributed by atoms with E-state index in [2.05, 4.69) is 10.4 Å². The van der Waals surface area contributed by atoms with E-state index in [1.165, 1.54) is 6.92 Å². The third kappa shape index (κ3) is 4.98. The van der Waals surface area contributed by atoms with Crippen LogP contribution in [0.1, 0.15) is 60.8 Å². The van der Waals surface area contributed by atoms with Crippen LogP contribution in [0.4, 0.5) is 27.6 Å². The highest BCUT2D eigenvalue weighted by atomic mass is 32.2. The van der Waals surface area contributed by atoms with Crippen molar-refractivity contribution in [3.05, 3.63) is 40.5 Å². The van der Waals surface area contributed by atoms with Crippen molar-refractivity contribution in [1.82, 2.24) is 9.78 Å². The smallest absolute Gasteiger partial charge is 0.420 e. The molecule has 3 atom stereocenters. The molecule has 2 aliphatic carbocycles. The van der Waals surface area contributed by atoms with Crippen LogP contribution in [0, 0.1) is 21.3 Å². The van der Waals surface area contributed by atoms with Gasteiger partial charge >= 0.3 is 6.18 Å². The van der Waals surface area contributed by atoms with Gasteiger partial charge in [0.1, 0.15) is 21.0 Å². The molecule has 8 nitrogen and oxygen atoms in total. The lowest BCUT2D eigenvalue weighted by atomic mass is 9.67. The van der Waals surface area contributed by atoms with Crippen LogP contribution >= 0.6 is 0 Å². The summed E-state index contributed by atoms with van der Waals surface area (Å²) in [5.41, 5.74) is -3.52. The van der Waals surface area contributed by atoms with Gasteiger partial charge in [-0.1, -0.05) is 13.8 Å². The molecule has 2 saturated carbocycles. The SMILES string of the molecule is CC1CC1c1nn(CC2(C)CC(F)(F)C2)c(C(=O)Nc2cc[n+]([O-])c(S(C)(=N)=O)c2)c1C(F)(F)F. The van der Waals surface area contributed by atoms with E-state index in [4.69, 9.17) is 4.78 Å². The fraction of sp³-hybridized carbons (Fsp3) is 0.571. The Morgan fingerprint density at radius 3 is 2.49 bits per heavy atom. The summed E-state index contributed by atoms with van der Waals surface area (Å²) in [6.07, 6.45) is -3.71. The number of anilines is 1. The van der Waals surface area contributed by atoms with E-state index in [0.29, 0.717) is 6.42 Å². The first-order valence-corrected chi connectivity index (χ1v) is 12.7. The van der Waals surface area contributed by atoms with E-state index in [1.807, 2.05) is 0 Å². The minimum atomic E-state index is -4.94. The monoisotopic (exact) mass is 521 g/mol. The second-order valence-corrected chi connectivity index (χ2v) is 12.1. The number of nitrogens with zero attached hydrogens (tertiary/aromatic N) is 3. The maximum absolute atomic E-state index is 14.2. The quantitative estimate of drug-likeness (QED) is 0.334. The van der Waals surface area contributed by atoms with Crippen LogP contribution in [0.15, 0.2) is 23.4 Å². The molecule has 2 heterocycles. The molecule has 2 aromatic heterocycles. The van der Waals surface area contributed by atoms with Gasteiger partial charge < -0.3 is 10.5 Å². The van der Waals surface area contributed by atoms with Crippen molar-refractivity contribution in [2.75, 3.05) is 11.6 Å². The lowest BCUT2D eigenvalue weighted by Crippen LogP contribution is -2.47. The van der Waals surface area contributed by atoms with Gasteiger partial charge in [0.15, 0.2) is 6.20 Å². The van der Waals surface area contributed by atoms with Gasteiger partial charge in [-0.25, -0.2) is 17.8 Å². The molecule has 4 rings (SSSR count). The Hall–Kier alpha value is -2.77. The maximum atomic E-state index is 14.2. The van der Waals surface area contributed by atoms with Crippen LogP contribution in [-0.4, -0.2) is 32.1 Å². The molecule has 0 saturated heterocycles.